The van der Waals surface area contributed by atoms with Crippen LogP contribution < -0.4 is 0 Å². The molecule has 0 saturated carbocycles. The highest BCUT2D eigenvalue weighted by atomic mass is 31.2. The highest BCUT2D eigenvalue weighted by Gasteiger charge is 2.24. The SMILES string of the molecule is CCC(COP(C)(=O)OC(C)COP(C)(=O)O)OC(C)C. The average Bonchev–Trinajstić information content (AvgIpc) is 2.30. The van der Waals surface area contributed by atoms with E-state index in [9.17, 15) is 9.13 Å². The largest absolute Gasteiger partial charge is 0.373 e. The molecule has 0 saturated heterocycles. The second-order valence-electron chi connectivity index (χ2n) is 5.30. The summed E-state index contributed by atoms with van der Waals surface area (Å²) in [4.78, 5) is 9.02. The van der Waals surface area contributed by atoms with E-state index >= 15 is 0 Å². The Balaban J connectivity index is 4.23. The highest BCUT2D eigenvalue weighted by Crippen LogP contribution is 2.46. The fourth-order valence-electron chi connectivity index (χ4n) is 1.49. The summed E-state index contributed by atoms with van der Waals surface area (Å²) in [6, 6.07) is 0. The van der Waals surface area contributed by atoms with Gasteiger partial charge in [0, 0.05) is 13.3 Å². The van der Waals surface area contributed by atoms with Crippen molar-refractivity contribution in [1.82, 2.24) is 0 Å². The van der Waals surface area contributed by atoms with E-state index in [1.54, 1.807) is 6.92 Å². The summed E-state index contributed by atoms with van der Waals surface area (Å²) in [5, 5.41) is 0. The molecule has 0 aliphatic rings. The molecule has 0 radical (unpaired) electrons. The Bertz CT molecular complexity index is 380. The van der Waals surface area contributed by atoms with Crippen LogP contribution in [0.3, 0.4) is 0 Å². The molecule has 0 fully saturated rings. The summed E-state index contributed by atoms with van der Waals surface area (Å²) in [5.41, 5.74) is 0. The second kappa shape index (κ2) is 9.41. The molecule has 0 aromatic rings. The smallest absolute Gasteiger partial charge is 0.328 e. The van der Waals surface area contributed by atoms with Gasteiger partial charge in [-0.15, -0.1) is 0 Å². The van der Waals surface area contributed by atoms with Crippen molar-refractivity contribution in [2.75, 3.05) is 26.5 Å². The molecule has 0 heterocycles. The maximum absolute atomic E-state index is 12.2. The van der Waals surface area contributed by atoms with Crippen LogP contribution in [0.25, 0.3) is 0 Å². The van der Waals surface area contributed by atoms with Gasteiger partial charge in [-0.25, -0.2) is 0 Å². The van der Waals surface area contributed by atoms with Gasteiger partial charge >= 0.3 is 15.2 Å². The van der Waals surface area contributed by atoms with Crippen molar-refractivity contribution in [3.63, 3.8) is 0 Å². The molecule has 0 aromatic carbocycles. The lowest BCUT2D eigenvalue weighted by molar-refractivity contribution is -0.0233. The molecular formula is C12H28O7P2. The molecule has 0 aliphatic carbocycles. The van der Waals surface area contributed by atoms with Crippen LogP contribution >= 0.6 is 15.2 Å². The van der Waals surface area contributed by atoms with Crippen LogP contribution in [0.4, 0.5) is 0 Å². The zero-order valence-corrected chi connectivity index (χ0v) is 15.4. The van der Waals surface area contributed by atoms with Crippen LogP contribution in [0.15, 0.2) is 0 Å². The first-order valence-electron chi connectivity index (χ1n) is 6.96. The van der Waals surface area contributed by atoms with Crippen molar-refractivity contribution in [3.8, 4) is 0 Å². The molecule has 4 unspecified atom stereocenters. The van der Waals surface area contributed by atoms with Crippen LogP contribution in [0, 0.1) is 0 Å². The monoisotopic (exact) mass is 346 g/mol. The highest BCUT2D eigenvalue weighted by molar-refractivity contribution is 7.53. The van der Waals surface area contributed by atoms with E-state index in [0.717, 1.165) is 13.1 Å². The Labute approximate surface area is 127 Å². The Morgan fingerprint density at radius 1 is 1.05 bits per heavy atom. The lowest BCUT2D eigenvalue weighted by atomic mass is 10.3. The fraction of sp³-hybridized carbons (Fsp3) is 1.00. The van der Waals surface area contributed by atoms with Gasteiger partial charge in [0.05, 0.1) is 31.5 Å². The average molecular weight is 346 g/mol. The molecule has 0 bridgehead atoms. The number of hydrogen-bond donors (Lipinski definition) is 1. The predicted molar refractivity (Wildman–Crippen MR) is 82.0 cm³/mol. The van der Waals surface area contributed by atoms with Gasteiger partial charge in [-0.2, -0.15) is 0 Å². The lowest BCUT2D eigenvalue weighted by Crippen LogP contribution is -2.23. The van der Waals surface area contributed by atoms with E-state index in [0.29, 0.717) is 0 Å². The molecule has 128 valence electrons. The maximum atomic E-state index is 12.2. The number of ether oxygens (including phenoxy) is 1. The summed E-state index contributed by atoms with van der Waals surface area (Å²) >= 11 is 0. The molecule has 0 spiro atoms. The van der Waals surface area contributed by atoms with E-state index in [1.807, 2.05) is 20.8 Å². The number of hydrogen-bond acceptors (Lipinski definition) is 6. The Morgan fingerprint density at radius 3 is 2.05 bits per heavy atom. The van der Waals surface area contributed by atoms with E-state index in [4.69, 9.17) is 23.2 Å². The number of rotatable bonds is 11. The normalized spacial score (nSPS) is 20.8. The lowest BCUT2D eigenvalue weighted by Gasteiger charge is -2.23. The molecule has 1 N–H and O–H groups in total. The first kappa shape index (κ1) is 21.3. The van der Waals surface area contributed by atoms with E-state index < -0.39 is 21.3 Å². The van der Waals surface area contributed by atoms with Crippen molar-refractivity contribution in [1.29, 1.82) is 0 Å². The zero-order valence-electron chi connectivity index (χ0n) is 13.6. The topological polar surface area (TPSA) is 91.3 Å². The van der Waals surface area contributed by atoms with Crippen LogP contribution in [-0.4, -0.2) is 49.7 Å². The summed E-state index contributed by atoms with van der Waals surface area (Å²) in [5.74, 6) is 0. The molecule has 0 amide bonds. The van der Waals surface area contributed by atoms with Crippen molar-refractivity contribution in [2.24, 2.45) is 0 Å². The van der Waals surface area contributed by atoms with Crippen LogP contribution in [0.2, 0.25) is 0 Å². The van der Waals surface area contributed by atoms with E-state index in [-0.39, 0.29) is 25.4 Å². The summed E-state index contributed by atoms with van der Waals surface area (Å²) < 4.78 is 44.0. The van der Waals surface area contributed by atoms with Crippen molar-refractivity contribution >= 4 is 15.2 Å². The minimum Gasteiger partial charge on any atom is -0.373 e. The van der Waals surface area contributed by atoms with E-state index in [1.165, 1.54) is 6.66 Å². The van der Waals surface area contributed by atoms with Gasteiger partial charge in [0.1, 0.15) is 0 Å². The summed E-state index contributed by atoms with van der Waals surface area (Å²) in [6.07, 6.45) is 0.0285. The third kappa shape index (κ3) is 12.5. The zero-order chi connectivity index (χ0) is 16.7. The second-order valence-corrected chi connectivity index (χ2v) is 9.17. The van der Waals surface area contributed by atoms with Gasteiger partial charge in [0.15, 0.2) is 0 Å². The molecule has 0 rings (SSSR count). The molecule has 21 heavy (non-hydrogen) atoms. The minimum absolute atomic E-state index is 0.0614. The Kier molecular flexibility index (Phi) is 9.53. The molecular weight excluding hydrogens is 318 g/mol. The van der Waals surface area contributed by atoms with Gasteiger partial charge < -0.3 is 23.2 Å². The molecule has 4 atom stereocenters. The standard InChI is InChI=1S/C12H28O7P2/c1-7-12(18-10(2)3)9-17-21(6,15)19-11(4)8-16-20(5,13)14/h10-12H,7-9H2,1-6H3,(H,13,14). The first-order valence-corrected chi connectivity index (χ1v) is 11.0. The van der Waals surface area contributed by atoms with Crippen molar-refractivity contribution < 1.29 is 32.3 Å². The summed E-state index contributed by atoms with van der Waals surface area (Å²) in [7, 11) is -6.84. The van der Waals surface area contributed by atoms with Crippen LogP contribution in [0.5, 0.6) is 0 Å². The third-order valence-corrected chi connectivity index (χ3v) is 4.32. The van der Waals surface area contributed by atoms with Crippen molar-refractivity contribution in [3.05, 3.63) is 0 Å². The van der Waals surface area contributed by atoms with E-state index in [2.05, 4.69) is 0 Å². The van der Waals surface area contributed by atoms with Crippen LogP contribution in [-0.2, 0) is 27.4 Å². The Hall–Kier alpha value is 0.260. The minimum atomic E-state index is -3.57. The molecule has 0 aliphatic heterocycles. The van der Waals surface area contributed by atoms with Crippen LogP contribution in [0.1, 0.15) is 34.1 Å². The maximum Gasteiger partial charge on any atom is 0.328 e. The molecule has 7 nitrogen and oxygen atoms in total. The summed E-state index contributed by atoms with van der Waals surface area (Å²) in [6.45, 7) is 9.86. The molecule has 0 aromatic heterocycles. The van der Waals surface area contributed by atoms with Gasteiger partial charge in [-0.05, 0) is 27.2 Å². The predicted octanol–water partition coefficient (Wildman–Crippen LogP) is 3.27. The van der Waals surface area contributed by atoms with Gasteiger partial charge in [0.2, 0.25) is 0 Å². The fourth-order valence-corrected chi connectivity index (χ4v) is 3.19. The molecule has 9 heteroatoms. The van der Waals surface area contributed by atoms with Gasteiger partial charge in [0.25, 0.3) is 0 Å². The first-order chi connectivity index (χ1) is 9.45. The van der Waals surface area contributed by atoms with Crippen molar-refractivity contribution in [2.45, 2.75) is 52.4 Å². The van der Waals surface area contributed by atoms with Gasteiger partial charge in [-0.3, -0.25) is 9.13 Å². The Morgan fingerprint density at radius 2 is 1.62 bits per heavy atom. The third-order valence-electron chi connectivity index (χ3n) is 2.34. The van der Waals surface area contributed by atoms with Gasteiger partial charge in [-0.1, -0.05) is 6.92 Å². The quantitative estimate of drug-likeness (QED) is 0.574.